The SMILES string of the molecule is [2H][C@](Nc1cc(Cl)c2ncc(C#N)c(Nc3cnc(F)c(F)c3)c2c1)(C1=CNNN1)c1ccccc1. The molecular weight excluding hydrogens is 474 g/mol. The van der Waals surface area contributed by atoms with Crippen molar-refractivity contribution in [3.05, 3.63) is 101 Å². The number of nitriles is 1. The second-order valence-electron chi connectivity index (χ2n) is 7.45. The summed E-state index contributed by atoms with van der Waals surface area (Å²) in [5.41, 5.74) is 11.0. The summed E-state index contributed by atoms with van der Waals surface area (Å²) in [5, 5.41) is 16.5. The lowest BCUT2D eigenvalue weighted by Gasteiger charge is -2.22. The molecule has 35 heavy (non-hydrogen) atoms. The maximum Gasteiger partial charge on any atom is 0.249 e. The van der Waals surface area contributed by atoms with E-state index in [1.807, 2.05) is 36.4 Å². The standard InChI is InChI=1S/C24H17ClF2N8/c25-18-7-15(32-22(20-12-31-35-34-20)13-4-2-1-3-5-13)6-17-21(14(9-28)10-29-23(17)18)33-16-8-19(26)24(27)30-11-16/h1-8,10-12,22,31-32,34-35H,(H,29,33)/t22-/m1/s1/i22D. The van der Waals surface area contributed by atoms with Crippen molar-refractivity contribution in [2.45, 2.75) is 6.02 Å². The summed E-state index contributed by atoms with van der Waals surface area (Å²) < 4.78 is 36.4. The minimum atomic E-state index is -1.47. The molecule has 0 radical (unpaired) electrons. The van der Waals surface area contributed by atoms with Gasteiger partial charge in [-0.1, -0.05) is 41.9 Å². The molecule has 0 bridgehead atoms. The Kier molecular flexibility index (Phi) is 5.68. The zero-order valence-electron chi connectivity index (χ0n) is 18.8. The van der Waals surface area contributed by atoms with Crippen LogP contribution < -0.4 is 27.0 Å². The Morgan fingerprint density at radius 2 is 1.91 bits per heavy atom. The predicted octanol–water partition coefficient (Wildman–Crippen LogP) is 4.78. The number of fused-ring (bicyclic) bond motifs is 1. The highest BCUT2D eigenvalue weighted by atomic mass is 35.5. The molecule has 0 saturated heterocycles. The molecule has 1 aliphatic rings. The maximum atomic E-state index is 13.8. The van der Waals surface area contributed by atoms with Gasteiger partial charge in [0.05, 0.1) is 46.8 Å². The van der Waals surface area contributed by atoms with Crippen molar-refractivity contribution in [1.82, 2.24) is 26.4 Å². The third-order valence-corrected chi connectivity index (χ3v) is 5.49. The van der Waals surface area contributed by atoms with E-state index in [0.29, 0.717) is 27.9 Å². The van der Waals surface area contributed by atoms with E-state index >= 15 is 0 Å². The van der Waals surface area contributed by atoms with Crippen molar-refractivity contribution in [2.75, 3.05) is 10.6 Å². The molecule has 5 N–H and O–H groups in total. The van der Waals surface area contributed by atoms with Gasteiger partial charge in [0.15, 0.2) is 5.82 Å². The van der Waals surface area contributed by atoms with E-state index < -0.39 is 17.8 Å². The lowest BCUT2D eigenvalue weighted by Crippen LogP contribution is -2.33. The number of benzene rings is 2. The van der Waals surface area contributed by atoms with Crippen LogP contribution in [0, 0.1) is 23.1 Å². The molecule has 8 nitrogen and oxygen atoms in total. The third-order valence-electron chi connectivity index (χ3n) is 5.20. The monoisotopic (exact) mass is 491 g/mol. The van der Waals surface area contributed by atoms with Gasteiger partial charge in [-0.25, -0.2) is 9.37 Å². The first-order valence-electron chi connectivity index (χ1n) is 10.8. The quantitative estimate of drug-likeness (QED) is 0.245. The van der Waals surface area contributed by atoms with E-state index in [0.717, 1.165) is 12.3 Å². The molecule has 0 amide bonds. The molecule has 0 aliphatic carbocycles. The van der Waals surface area contributed by atoms with Crippen LogP contribution in [-0.4, -0.2) is 9.97 Å². The van der Waals surface area contributed by atoms with Gasteiger partial charge in [-0.3, -0.25) is 4.98 Å². The van der Waals surface area contributed by atoms with Crippen molar-refractivity contribution < 1.29 is 10.2 Å². The van der Waals surface area contributed by atoms with Gasteiger partial charge < -0.3 is 21.5 Å². The molecule has 3 heterocycles. The molecule has 0 unspecified atom stereocenters. The van der Waals surface area contributed by atoms with Gasteiger partial charge in [-0.2, -0.15) is 15.2 Å². The smallest absolute Gasteiger partial charge is 0.249 e. The van der Waals surface area contributed by atoms with E-state index in [9.17, 15) is 15.4 Å². The lowest BCUT2D eigenvalue weighted by molar-refractivity contribution is 0.480. The molecule has 1 aliphatic heterocycles. The van der Waals surface area contributed by atoms with Gasteiger partial charge in [0.1, 0.15) is 6.07 Å². The second-order valence-corrected chi connectivity index (χ2v) is 7.86. The Balaban J connectivity index is 1.63. The zero-order chi connectivity index (χ0) is 25.3. The lowest BCUT2D eigenvalue weighted by atomic mass is 10.0. The number of hydrogen-bond donors (Lipinski definition) is 5. The van der Waals surface area contributed by atoms with E-state index in [-0.39, 0.29) is 22.0 Å². The number of nitrogens with one attached hydrogen (secondary N) is 5. The summed E-state index contributed by atoms with van der Waals surface area (Å²) in [6.07, 6.45) is 4.06. The first-order valence-corrected chi connectivity index (χ1v) is 10.7. The van der Waals surface area contributed by atoms with Gasteiger partial charge >= 0.3 is 0 Å². The Labute approximate surface area is 205 Å². The van der Waals surface area contributed by atoms with Crippen LogP contribution in [-0.2, 0) is 0 Å². The number of pyridine rings is 2. The summed E-state index contributed by atoms with van der Waals surface area (Å²) in [7, 11) is 0. The first-order chi connectivity index (χ1) is 17.4. The number of halogens is 3. The van der Waals surface area contributed by atoms with Crippen LogP contribution in [0.25, 0.3) is 10.9 Å². The minimum Gasteiger partial charge on any atom is -0.373 e. The van der Waals surface area contributed by atoms with Gasteiger partial charge in [0.25, 0.3) is 0 Å². The van der Waals surface area contributed by atoms with Crippen LogP contribution in [0.1, 0.15) is 18.5 Å². The molecular formula is C24H17ClF2N8. The van der Waals surface area contributed by atoms with Crippen LogP contribution in [0.15, 0.2) is 72.8 Å². The van der Waals surface area contributed by atoms with Gasteiger partial charge in [-0.05, 0) is 17.7 Å². The fraction of sp³-hybridized carbons (Fsp3) is 0.0417. The molecule has 0 fully saturated rings. The summed E-state index contributed by atoms with van der Waals surface area (Å²) in [4.78, 5) is 7.68. The molecule has 0 spiro atoms. The van der Waals surface area contributed by atoms with Crippen molar-refractivity contribution in [3.63, 3.8) is 0 Å². The molecule has 2 aromatic carbocycles. The fourth-order valence-corrected chi connectivity index (χ4v) is 3.88. The minimum absolute atomic E-state index is 0.129. The Morgan fingerprint density at radius 3 is 2.63 bits per heavy atom. The first kappa shape index (κ1) is 21.1. The number of hydrazine groups is 2. The summed E-state index contributed by atoms with van der Waals surface area (Å²) in [6, 6.07) is 13.9. The molecule has 2 aromatic heterocycles. The molecule has 0 saturated carbocycles. The van der Waals surface area contributed by atoms with Crippen LogP contribution >= 0.6 is 11.6 Å². The average molecular weight is 492 g/mol. The number of anilines is 3. The van der Waals surface area contributed by atoms with Crippen molar-refractivity contribution in [1.29, 1.82) is 5.26 Å². The maximum absolute atomic E-state index is 13.8. The number of rotatable bonds is 6. The number of aromatic nitrogens is 2. The van der Waals surface area contributed by atoms with Crippen LogP contribution in [0.5, 0.6) is 0 Å². The highest BCUT2D eigenvalue weighted by molar-refractivity contribution is 6.36. The van der Waals surface area contributed by atoms with E-state index in [1.165, 1.54) is 6.20 Å². The van der Waals surface area contributed by atoms with Gasteiger partial charge in [-0.15, -0.1) is 0 Å². The molecule has 11 heteroatoms. The molecule has 4 aromatic rings. The van der Waals surface area contributed by atoms with Crippen molar-refractivity contribution in [3.8, 4) is 6.07 Å². The van der Waals surface area contributed by atoms with E-state index in [4.69, 9.17) is 11.6 Å². The van der Waals surface area contributed by atoms with E-state index in [1.54, 1.807) is 18.3 Å². The second kappa shape index (κ2) is 9.42. The largest absolute Gasteiger partial charge is 0.373 e. The highest BCUT2D eigenvalue weighted by Gasteiger charge is 2.21. The molecule has 174 valence electrons. The Bertz CT molecular complexity index is 1540. The molecule has 5 rings (SSSR count). The van der Waals surface area contributed by atoms with Gasteiger partial charge in [0.2, 0.25) is 5.95 Å². The normalized spacial score (nSPS) is 14.7. The summed E-state index contributed by atoms with van der Waals surface area (Å²) >= 11 is 6.56. The molecule has 1 atom stereocenters. The van der Waals surface area contributed by atoms with Crippen LogP contribution in [0.4, 0.5) is 25.8 Å². The number of hydrogen-bond acceptors (Lipinski definition) is 8. The van der Waals surface area contributed by atoms with Crippen molar-refractivity contribution >= 4 is 39.6 Å². The summed E-state index contributed by atoms with van der Waals surface area (Å²) in [6.45, 7) is 0. The number of nitrogens with zero attached hydrogens (tertiary/aromatic N) is 3. The average Bonchev–Trinajstić information content (AvgIpc) is 3.43. The van der Waals surface area contributed by atoms with Crippen LogP contribution in [0.3, 0.4) is 0 Å². The van der Waals surface area contributed by atoms with Gasteiger partial charge in [0, 0.05) is 29.5 Å². The Hall–Kier alpha value is -4.46. The topological polar surface area (TPSA) is 110 Å². The zero-order valence-corrected chi connectivity index (χ0v) is 18.6. The summed E-state index contributed by atoms with van der Waals surface area (Å²) in [5.74, 6) is -2.37. The predicted molar refractivity (Wildman–Crippen MR) is 129 cm³/mol. The van der Waals surface area contributed by atoms with Crippen LogP contribution in [0.2, 0.25) is 5.02 Å². The Morgan fingerprint density at radius 1 is 1.09 bits per heavy atom. The third kappa shape index (κ3) is 4.50. The fourth-order valence-electron chi connectivity index (χ4n) is 3.61. The van der Waals surface area contributed by atoms with Crippen molar-refractivity contribution in [2.24, 2.45) is 0 Å². The van der Waals surface area contributed by atoms with E-state index in [2.05, 4.69) is 37.0 Å². The highest BCUT2D eigenvalue weighted by Crippen LogP contribution is 2.36.